The number of imidazole rings is 2. The molecule has 0 radical (unpaired) electrons. The molecule has 11 heteroatoms. The van der Waals surface area contributed by atoms with Gasteiger partial charge in [-0.05, 0) is 74.2 Å². The first kappa shape index (κ1) is 28.1. The van der Waals surface area contributed by atoms with Crippen molar-refractivity contribution in [2.24, 2.45) is 0 Å². The predicted molar refractivity (Wildman–Crippen MR) is 159 cm³/mol. The molecule has 1 saturated heterocycles. The van der Waals surface area contributed by atoms with Crippen molar-refractivity contribution in [2.45, 2.75) is 37.8 Å². The Labute approximate surface area is 243 Å². The average Bonchev–Trinajstić information content (AvgIpc) is 3.67. The third-order valence-electron chi connectivity index (χ3n) is 8.29. The number of rotatable bonds is 8. The van der Waals surface area contributed by atoms with E-state index in [9.17, 15) is 14.3 Å². The van der Waals surface area contributed by atoms with Crippen molar-refractivity contribution in [3.05, 3.63) is 72.6 Å². The number of aliphatic hydroxyl groups excluding tert-OH is 2. The largest absolute Gasteiger partial charge is 0.395 e. The SMILES string of the molecule is O=C(Nc1ccc(N2CCN(CCO)CC2)cc1)c1cnc(-c2c(-c3ccc(F)cc3)ncn2C2CCC(O)CC2)[nH]1. The molecule has 0 spiro atoms. The Morgan fingerprint density at radius 3 is 2.38 bits per heavy atom. The second-order valence-corrected chi connectivity index (χ2v) is 11.0. The first-order chi connectivity index (χ1) is 20.5. The van der Waals surface area contributed by atoms with Gasteiger partial charge in [0, 0.05) is 55.7 Å². The van der Waals surface area contributed by atoms with Crippen LogP contribution in [0.2, 0.25) is 0 Å². The number of halogens is 1. The standard InChI is InChI=1S/C31H36FN7O3/c32-22-3-1-21(2-4-22)28-29(39(20-34-28)25-9-11-26(41)12-10-25)30-33-19-27(36-30)31(42)35-23-5-7-24(8-6-23)38-15-13-37(14-16-38)17-18-40/h1-8,19-20,25-26,40-41H,9-18H2,(H,33,36)(H,35,42). The Morgan fingerprint density at radius 2 is 1.69 bits per heavy atom. The van der Waals surface area contributed by atoms with Crippen LogP contribution in [0.15, 0.2) is 61.1 Å². The Balaban J connectivity index is 1.19. The molecule has 2 fully saturated rings. The Hall–Kier alpha value is -4.06. The summed E-state index contributed by atoms with van der Waals surface area (Å²) in [6.07, 6.45) is 6.01. The lowest BCUT2D eigenvalue weighted by Gasteiger charge is -2.35. The highest BCUT2D eigenvalue weighted by Gasteiger charge is 2.27. The molecule has 2 aromatic heterocycles. The maximum absolute atomic E-state index is 13.7. The van der Waals surface area contributed by atoms with E-state index in [2.05, 4.69) is 34.6 Å². The predicted octanol–water partition coefficient (Wildman–Crippen LogP) is 3.92. The molecule has 4 N–H and O–H groups in total. The van der Waals surface area contributed by atoms with E-state index in [1.54, 1.807) is 18.5 Å². The summed E-state index contributed by atoms with van der Waals surface area (Å²) < 4.78 is 15.7. The van der Waals surface area contributed by atoms with Crippen LogP contribution in [0.1, 0.15) is 42.2 Å². The number of aromatic nitrogens is 4. The molecule has 0 atom stereocenters. The highest BCUT2D eigenvalue weighted by molar-refractivity contribution is 6.03. The normalized spacial score (nSPS) is 19.6. The third-order valence-corrected chi connectivity index (χ3v) is 8.29. The van der Waals surface area contributed by atoms with Crippen molar-refractivity contribution in [3.63, 3.8) is 0 Å². The quantitative estimate of drug-likeness (QED) is 0.252. The van der Waals surface area contributed by atoms with Gasteiger partial charge >= 0.3 is 0 Å². The Kier molecular flexibility index (Phi) is 8.31. The lowest BCUT2D eigenvalue weighted by atomic mass is 9.92. The van der Waals surface area contributed by atoms with Gasteiger partial charge in [-0.1, -0.05) is 0 Å². The van der Waals surface area contributed by atoms with Crippen LogP contribution in [-0.2, 0) is 0 Å². The van der Waals surface area contributed by atoms with Crippen molar-refractivity contribution in [1.29, 1.82) is 0 Å². The molecule has 0 bridgehead atoms. The number of carbonyl (C=O) groups is 1. The van der Waals surface area contributed by atoms with Crippen LogP contribution < -0.4 is 10.2 Å². The first-order valence-electron chi connectivity index (χ1n) is 14.5. The zero-order chi connectivity index (χ0) is 29.1. The summed E-state index contributed by atoms with van der Waals surface area (Å²) in [4.78, 5) is 30.2. The van der Waals surface area contributed by atoms with Crippen LogP contribution in [-0.4, -0.2) is 86.0 Å². The second kappa shape index (κ2) is 12.4. The summed E-state index contributed by atoms with van der Waals surface area (Å²) in [7, 11) is 0. The summed E-state index contributed by atoms with van der Waals surface area (Å²) in [5.41, 5.74) is 4.21. The maximum atomic E-state index is 13.7. The number of nitrogens with zero attached hydrogens (tertiary/aromatic N) is 5. The number of benzene rings is 2. The second-order valence-electron chi connectivity index (χ2n) is 11.0. The number of H-pyrrole nitrogens is 1. The lowest BCUT2D eigenvalue weighted by Crippen LogP contribution is -2.47. The van der Waals surface area contributed by atoms with Crippen LogP contribution in [0, 0.1) is 5.82 Å². The van der Waals surface area contributed by atoms with E-state index < -0.39 is 0 Å². The van der Waals surface area contributed by atoms with Crippen molar-refractivity contribution >= 4 is 17.3 Å². The summed E-state index contributed by atoms with van der Waals surface area (Å²) in [5, 5.41) is 22.1. The number of nitrogens with one attached hydrogen (secondary N) is 2. The first-order valence-corrected chi connectivity index (χ1v) is 14.5. The summed E-state index contributed by atoms with van der Waals surface area (Å²) in [6.45, 7) is 4.48. The van der Waals surface area contributed by atoms with Gasteiger partial charge in [0.2, 0.25) is 0 Å². The number of β-amino-alcohol motifs (C(OH)–C–C–N with tert-alkyl or cyclic N) is 1. The van der Waals surface area contributed by atoms with Gasteiger partial charge in [0.05, 0.1) is 30.9 Å². The van der Waals surface area contributed by atoms with Gasteiger partial charge in [0.25, 0.3) is 5.91 Å². The van der Waals surface area contributed by atoms with E-state index >= 15 is 0 Å². The topological polar surface area (TPSA) is 123 Å². The van der Waals surface area contributed by atoms with E-state index in [-0.39, 0.29) is 30.5 Å². The van der Waals surface area contributed by atoms with E-state index in [1.165, 1.54) is 18.3 Å². The molecule has 220 valence electrons. The summed E-state index contributed by atoms with van der Waals surface area (Å²) >= 11 is 0. The molecule has 4 aromatic rings. The molecule has 10 nitrogen and oxygen atoms in total. The lowest BCUT2D eigenvalue weighted by molar-refractivity contribution is 0.102. The van der Waals surface area contributed by atoms with E-state index in [4.69, 9.17) is 5.11 Å². The number of piperazine rings is 1. The van der Waals surface area contributed by atoms with Crippen LogP contribution in [0.3, 0.4) is 0 Å². The fraction of sp³-hybridized carbons (Fsp3) is 0.387. The highest BCUT2D eigenvalue weighted by Crippen LogP contribution is 2.37. The van der Waals surface area contributed by atoms with Gasteiger partial charge in [-0.15, -0.1) is 0 Å². The minimum Gasteiger partial charge on any atom is -0.395 e. The number of aliphatic hydroxyl groups is 2. The van der Waals surface area contributed by atoms with Gasteiger partial charge in [-0.2, -0.15) is 0 Å². The molecule has 6 rings (SSSR count). The Morgan fingerprint density at radius 1 is 0.976 bits per heavy atom. The molecular formula is C31H36FN7O3. The average molecular weight is 574 g/mol. The number of amides is 1. The smallest absolute Gasteiger partial charge is 0.273 e. The number of hydrogen-bond donors (Lipinski definition) is 4. The molecule has 1 aliphatic heterocycles. The highest BCUT2D eigenvalue weighted by atomic mass is 19.1. The molecular weight excluding hydrogens is 537 g/mol. The van der Waals surface area contributed by atoms with Gasteiger partial charge < -0.3 is 30.0 Å². The summed E-state index contributed by atoms with van der Waals surface area (Å²) in [6, 6.07) is 14.1. The fourth-order valence-electron chi connectivity index (χ4n) is 5.91. The van der Waals surface area contributed by atoms with E-state index in [0.717, 1.165) is 56.0 Å². The van der Waals surface area contributed by atoms with Crippen molar-refractivity contribution in [3.8, 4) is 22.8 Å². The van der Waals surface area contributed by atoms with Gasteiger partial charge in [-0.3, -0.25) is 9.69 Å². The molecule has 1 aliphatic carbocycles. The summed E-state index contributed by atoms with van der Waals surface area (Å²) in [5.74, 6) is -0.139. The maximum Gasteiger partial charge on any atom is 0.273 e. The van der Waals surface area contributed by atoms with Crippen molar-refractivity contribution in [2.75, 3.05) is 49.5 Å². The monoisotopic (exact) mass is 573 g/mol. The number of hydrogen-bond acceptors (Lipinski definition) is 7. The number of anilines is 2. The van der Waals surface area contributed by atoms with Gasteiger partial charge in [-0.25, -0.2) is 14.4 Å². The molecule has 42 heavy (non-hydrogen) atoms. The molecule has 0 unspecified atom stereocenters. The number of aromatic amines is 1. The number of carbonyl (C=O) groups excluding carboxylic acids is 1. The van der Waals surface area contributed by atoms with Crippen LogP contribution in [0.5, 0.6) is 0 Å². The van der Waals surface area contributed by atoms with Crippen molar-refractivity contribution in [1.82, 2.24) is 24.4 Å². The Bertz CT molecular complexity index is 1490. The molecule has 2 aromatic carbocycles. The third kappa shape index (κ3) is 6.08. The molecule has 3 heterocycles. The minimum absolute atomic E-state index is 0.128. The van der Waals surface area contributed by atoms with Crippen LogP contribution in [0.25, 0.3) is 22.8 Å². The van der Waals surface area contributed by atoms with E-state index in [0.29, 0.717) is 42.3 Å². The fourth-order valence-corrected chi connectivity index (χ4v) is 5.91. The van der Waals surface area contributed by atoms with Crippen LogP contribution in [0.4, 0.5) is 15.8 Å². The van der Waals surface area contributed by atoms with E-state index in [1.807, 2.05) is 24.3 Å². The van der Waals surface area contributed by atoms with Crippen LogP contribution >= 0.6 is 0 Å². The molecule has 1 amide bonds. The van der Waals surface area contributed by atoms with Gasteiger partial charge in [0.15, 0.2) is 5.82 Å². The van der Waals surface area contributed by atoms with Gasteiger partial charge in [0.1, 0.15) is 17.2 Å². The zero-order valence-electron chi connectivity index (χ0n) is 23.4. The minimum atomic E-state index is -0.327. The zero-order valence-corrected chi connectivity index (χ0v) is 23.4. The molecule has 1 saturated carbocycles. The molecule has 2 aliphatic rings. The van der Waals surface area contributed by atoms with Crippen molar-refractivity contribution < 1.29 is 19.4 Å².